The normalized spacial score (nSPS) is 10.8. The van der Waals surface area contributed by atoms with Crippen LogP contribution in [-0.2, 0) is 9.59 Å². The lowest BCUT2D eigenvalue weighted by atomic mass is 10.2. The van der Waals surface area contributed by atoms with Crippen molar-refractivity contribution < 1.29 is 19.1 Å². The fourth-order valence-electron chi connectivity index (χ4n) is 2.41. The van der Waals surface area contributed by atoms with E-state index in [-0.39, 0.29) is 11.8 Å². The van der Waals surface area contributed by atoms with Crippen LogP contribution in [0.2, 0.25) is 5.02 Å². The highest BCUT2D eigenvalue weighted by Gasteiger charge is 2.08. The summed E-state index contributed by atoms with van der Waals surface area (Å²) in [6, 6.07) is 10.3. The fourth-order valence-corrected chi connectivity index (χ4v) is 2.64. The molecule has 0 atom stereocenters. The number of amides is 2. The molecule has 2 amide bonds. The smallest absolute Gasteiger partial charge is 0.248 e. The van der Waals surface area contributed by atoms with E-state index < -0.39 is 0 Å². The second-order valence-electron chi connectivity index (χ2n) is 6.81. The predicted octanol–water partition coefficient (Wildman–Crippen LogP) is 4.99. The Balaban J connectivity index is 2.04. The minimum absolute atomic E-state index is 0.197. The Morgan fingerprint density at radius 3 is 2.48 bits per heavy atom. The lowest BCUT2D eigenvalue weighted by Gasteiger charge is -2.12. The molecule has 0 bridgehead atoms. The quantitative estimate of drug-likeness (QED) is 0.594. The number of hydrogen-bond acceptors (Lipinski definition) is 4. The minimum atomic E-state index is -0.335. The first-order valence-corrected chi connectivity index (χ1v) is 9.53. The molecule has 2 aromatic carbocycles. The second-order valence-corrected chi connectivity index (χ2v) is 7.22. The van der Waals surface area contributed by atoms with Crippen molar-refractivity contribution in [3.63, 3.8) is 0 Å². The maximum atomic E-state index is 12.2. The average molecular weight is 417 g/mol. The summed E-state index contributed by atoms with van der Waals surface area (Å²) in [6.45, 7) is 6.14. The number of anilines is 2. The van der Waals surface area contributed by atoms with Crippen LogP contribution in [0, 0.1) is 5.92 Å². The molecular formula is C22H25ClN2O4. The first-order chi connectivity index (χ1) is 13.8. The molecule has 0 fully saturated rings. The zero-order chi connectivity index (χ0) is 21.4. The number of methoxy groups -OCH3 is 1. The van der Waals surface area contributed by atoms with E-state index in [0.717, 1.165) is 5.56 Å². The fraction of sp³-hybridized carbons (Fsp3) is 0.273. The van der Waals surface area contributed by atoms with Crippen LogP contribution >= 0.6 is 11.6 Å². The van der Waals surface area contributed by atoms with E-state index in [2.05, 4.69) is 24.5 Å². The van der Waals surface area contributed by atoms with Crippen LogP contribution in [0.5, 0.6) is 11.5 Å². The molecule has 0 radical (unpaired) electrons. The Morgan fingerprint density at radius 1 is 1.10 bits per heavy atom. The van der Waals surface area contributed by atoms with Crippen LogP contribution in [0.4, 0.5) is 11.4 Å². The van der Waals surface area contributed by atoms with E-state index in [1.165, 1.54) is 13.0 Å². The Labute approximate surface area is 175 Å². The van der Waals surface area contributed by atoms with Crippen molar-refractivity contribution in [2.24, 2.45) is 5.92 Å². The lowest BCUT2D eigenvalue weighted by Crippen LogP contribution is -2.09. The molecule has 0 aliphatic carbocycles. The molecule has 6 nitrogen and oxygen atoms in total. The minimum Gasteiger partial charge on any atom is -0.493 e. The van der Waals surface area contributed by atoms with E-state index >= 15 is 0 Å². The standard InChI is InChI=1S/C22H25ClN2O4/c1-14(2)13-29-20-9-5-16(11-21(20)28-4)6-10-22(27)25-19-8-7-17(12-18(19)23)24-15(3)26/h5-12,14H,13H2,1-4H3,(H,24,26)(H,25,27)/b10-6+. The lowest BCUT2D eigenvalue weighted by molar-refractivity contribution is -0.114. The zero-order valence-corrected chi connectivity index (χ0v) is 17.7. The van der Waals surface area contributed by atoms with Gasteiger partial charge in [-0.2, -0.15) is 0 Å². The summed E-state index contributed by atoms with van der Waals surface area (Å²) < 4.78 is 11.1. The summed E-state index contributed by atoms with van der Waals surface area (Å²) in [7, 11) is 1.57. The summed E-state index contributed by atoms with van der Waals surface area (Å²) in [5, 5.41) is 5.66. The van der Waals surface area contributed by atoms with Gasteiger partial charge < -0.3 is 20.1 Å². The van der Waals surface area contributed by atoms with Gasteiger partial charge in [0.15, 0.2) is 11.5 Å². The molecule has 2 rings (SSSR count). The SMILES string of the molecule is COc1cc(/C=C/C(=O)Nc2ccc(NC(C)=O)cc2Cl)ccc1OCC(C)C. The van der Waals surface area contributed by atoms with E-state index in [9.17, 15) is 9.59 Å². The van der Waals surface area contributed by atoms with Gasteiger partial charge in [0, 0.05) is 18.7 Å². The van der Waals surface area contributed by atoms with Gasteiger partial charge in [0.2, 0.25) is 11.8 Å². The molecule has 0 saturated heterocycles. The summed E-state index contributed by atoms with van der Waals surface area (Å²) in [5.41, 5.74) is 1.80. The van der Waals surface area contributed by atoms with Crippen molar-refractivity contribution in [2.45, 2.75) is 20.8 Å². The number of benzene rings is 2. The number of halogens is 1. The largest absolute Gasteiger partial charge is 0.493 e. The highest BCUT2D eigenvalue weighted by atomic mass is 35.5. The number of ether oxygens (including phenoxy) is 2. The van der Waals surface area contributed by atoms with E-state index in [1.54, 1.807) is 37.5 Å². The number of rotatable bonds is 8. The number of carbonyl (C=O) groups is 2. The average Bonchev–Trinajstić information content (AvgIpc) is 2.66. The second kappa shape index (κ2) is 10.5. The van der Waals surface area contributed by atoms with Crippen LogP contribution in [0.1, 0.15) is 26.3 Å². The maximum Gasteiger partial charge on any atom is 0.248 e. The molecule has 0 aliphatic heterocycles. The predicted molar refractivity (Wildman–Crippen MR) is 117 cm³/mol. The molecule has 0 unspecified atom stereocenters. The molecule has 2 N–H and O–H groups in total. The van der Waals surface area contributed by atoms with Gasteiger partial charge in [-0.25, -0.2) is 0 Å². The summed E-state index contributed by atoms with van der Waals surface area (Å²) in [4.78, 5) is 23.3. The third-order valence-electron chi connectivity index (χ3n) is 3.73. The van der Waals surface area contributed by atoms with Crippen molar-refractivity contribution in [1.29, 1.82) is 0 Å². The third-order valence-corrected chi connectivity index (χ3v) is 4.05. The van der Waals surface area contributed by atoms with E-state index in [0.29, 0.717) is 40.4 Å². The van der Waals surface area contributed by atoms with Crippen LogP contribution in [0.15, 0.2) is 42.5 Å². The molecule has 0 aliphatic rings. The van der Waals surface area contributed by atoms with Crippen LogP contribution in [0.3, 0.4) is 0 Å². The Kier molecular flexibility index (Phi) is 8.09. The van der Waals surface area contributed by atoms with Gasteiger partial charge in [-0.3, -0.25) is 9.59 Å². The van der Waals surface area contributed by atoms with Crippen LogP contribution < -0.4 is 20.1 Å². The van der Waals surface area contributed by atoms with Gasteiger partial charge in [-0.1, -0.05) is 31.5 Å². The van der Waals surface area contributed by atoms with Gasteiger partial charge in [-0.05, 0) is 47.9 Å². The summed E-state index contributed by atoms with van der Waals surface area (Å²) in [6.07, 6.45) is 3.07. The Morgan fingerprint density at radius 2 is 1.86 bits per heavy atom. The summed E-state index contributed by atoms with van der Waals surface area (Å²) in [5.74, 6) is 1.14. The Bertz CT molecular complexity index is 910. The molecule has 7 heteroatoms. The first-order valence-electron chi connectivity index (χ1n) is 9.15. The van der Waals surface area contributed by atoms with Crippen LogP contribution in [-0.4, -0.2) is 25.5 Å². The van der Waals surface area contributed by atoms with Crippen LogP contribution in [0.25, 0.3) is 6.08 Å². The molecule has 0 aromatic heterocycles. The highest BCUT2D eigenvalue weighted by Crippen LogP contribution is 2.29. The van der Waals surface area contributed by atoms with E-state index in [1.807, 2.05) is 12.1 Å². The van der Waals surface area contributed by atoms with Crippen molar-refractivity contribution >= 4 is 40.9 Å². The molecule has 0 saturated carbocycles. The third kappa shape index (κ3) is 7.16. The number of carbonyl (C=O) groups excluding carboxylic acids is 2. The topological polar surface area (TPSA) is 76.7 Å². The molecule has 0 spiro atoms. The monoisotopic (exact) mass is 416 g/mol. The Hall–Kier alpha value is -2.99. The van der Waals surface area contributed by atoms with Crippen molar-refractivity contribution in [2.75, 3.05) is 24.4 Å². The van der Waals surface area contributed by atoms with Crippen molar-refractivity contribution in [3.05, 3.63) is 53.1 Å². The van der Waals surface area contributed by atoms with Gasteiger partial charge in [-0.15, -0.1) is 0 Å². The maximum absolute atomic E-state index is 12.2. The highest BCUT2D eigenvalue weighted by molar-refractivity contribution is 6.34. The van der Waals surface area contributed by atoms with Crippen molar-refractivity contribution in [1.82, 2.24) is 0 Å². The summed E-state index contributed by atoms with van der Waals surface area (Å²) >= 11 is 6.16. The zero-order valence-electron chi connectivity index (χ0n) is 16.9. The van der Waals surface area contributed by atoms with Gasteiger partial charge >= 0.3 is 0 Å². The molecule has 2 aromatic rings. The number of nitrogens with one attached hydrogen (secondary N) is 2. The van der Waals surface area contributed by atoms with Crippen molar-refractivity contribution in [3.8, 4) is 11.5 Å². The van der Waals surface area contributed by atoms with E-state index in [4.69, 9.17) is 21.1 Å². The van der Waals surface area contributed by atoms with Gasteiger partial charge in [0.05, 0.1) is 24.4 Å². The first kappa shape index (κ1) is 22.3. The molecule has 154 valence electrons. The van der Waals surface area contributed by atoms with Gasteiger partial charge in [0.1, 0.15) is 0 Å². The number of hydrogen-bond donors (Lipinski definition) is 2. The molecule has 29 heavy (non-hydrogen) atoms. The van der Waals surface area contributed by atoms with Gasteiger partial charge in [0.25, 0.3) is 0 Å². The molecule has 0 heterocycles. The molecular weight excluding hydrogens is 392 g/mol.